The van der Waals surface area contributed by atoms with Gasteiger partial charge in [0, 0.05) is 6.54 Å². The number of thioether (sulfide) groups is 1. The fourth-order valence-corrected chi connectivity index (χ4v) is 0.968. The third kappa shape index (κ3) is 5.65. The largest absolute Gasteiger partial charge is 0.378 e. The third-order valence-electron chi connectivity index (χ3n) is 0.621. The molecule has 0 aliphatic carbocycles. The van der Waals surface area contributed by atoms with Gasteiger partial charge in [-0.1, -0.05) is 11.8 Å². The van der Waals surface area contributed by atoms with Crippen LogP contribution in [0.3, 0.4) is 0 Å². The number of rotatable bonds is 2. The van der Waals surface area contributed by atoms with Gasteiger partial charge < -0.3 is 11.5 Å². The maximum atomic E-state index is 5.43. The number of nitrogens with two attached hydrogens (primary N) is 2. The van der Waals surface area contributed by atoms with Gasteiger partial charge in [0.05, 0.1) is 5.37 Å². The molecule has 0 radical (unpaired) electrons. The Bertz CT molecular complexity index is 100. The highest BCUT2D eigenvalue weighted by Gasteiger charge is 1.95. The van der Waals surface area contributed by atoms with E-state index in [4.69, 9.17) is 11.5 Å². The average Bonchev–Trinajstić information content (AvgIpc) is 1.63. The lowest BCUT2D eigenvalue weighted by molar-refractivity contribution is 1.05. The van der Waals surface area contributed by atoms with Gasteiger partial charge in [-0.15, -0.1) is 0 Å². The summed E-state index contributed by atoms with van der Waals surface area (Å²) >= 11 is 1.38. The molecule has 1 atom stereocenters. The Morgan fingerprint density at radius 2 is 2.33 bits per heavy atom. The van der Waals surface area contributed by atoms with Crippen LogP contribution in [0.15, 0.2) is 4.99 Å². The zero-order valence-electron chi connectivity index (χ0n) is 5.79. The fraction of sp³-hybridized carbons (Fsp3) is 0.800. The van der Waals surface area contributed by atoms with Crippen molar-refractivity contribution in [3.63, 3.8) is 0 Å². The van der Waals surface area contributed by atoms with Gasteiger partial charge in [0.1, 0.15) is 0 Å². The maximum Gasteiger partial charge on any atom is 0.155 e. The SMILES string of the molecule is CCN=C(N)SC(C)N. The van der Waals surface area contributed by atoms with E-state index >= 15 is 0 Å². The van der Waals surface area contributed by atoms with E-state index in [1.807, 2.05) is 13.8 Å². The molecule has 1 unspecified atom stereocenters. The van der Waals surface area contributed by atoms with Crippen molar-refractivity contribution in [1.82, 2.24) is 0 Å². The lowest BCUT2D eigenvalue weighted by atomic mass is 10.8. The van der Waals surface area contributed by atoms with E-state index in [0.29, 0.717) is 5.17 Å². The molecule has 0 bridgehead atoms. The second kappa shape index (κ2) is 4.64. The lowest BCUT2D eigenvalue weighted by Gasteiger charge is -2.01. The van der Waals surface area contributed by atoms with E-state index in [0.717, 1.165) is 6.54 Å². The van der Waals surface area contributed by atoms with Crippen molar-refractivity contribution in [1.29, 1.82) is 0 Å². The normalized spacial score (nSPS) is 15.7. The zero-order valence-corrected chi connectivity index (χ0v) is 6.61. The predicted molar refractivity (Wildman–Crippen MR) is 43.4 cm³/mol. The molecule has 0 spiro atoms. The summed E-state index contributed by atoms with van der Waals surface area (Å²) < 4.78 is 0. The molecule has 0 heterocycles. The molecule has 0 amide bonds. The highest BCUT2D eigenvalue weighted by molar-refractivity contribution is 8.14. The molecule has 0 fully saturated rings. The number of amidine groups is 1. The van der Waals surface area contributed by atoms with E-state index in [9.17, 15) is 0 Å². The van der Waals surface area contributed by atoms with Crippen molar-refractivity contribution >= 4 is 16.9 Å². The first-order chi connectivity index (χ1) is 4.16. The van der Waals surface area contributed by atoms with Crippen molar-refractivity contribution in [3.8, 4) is 0 Å². The van der Waals surface area contributed by atoms with Crippen LogP contribution in [0.5, 0.6) is 0 Å². The van der Waals surface area contributed by atoms with Crippen molar-refractivity contribution in [2.24, 2.45) is 16.5 Å². The van der Waals surface area contributed by atoms with E-state index < -0.39 is 0 Å². The standard InChI is InChI=1S/C5H13N3S/c1-3-8-5(7)9-4(2)6/h4H,3,6H2,1-2H3,(H2,7,8). The van der Waals surface area contributed by atoms with Gasteiger partial charge in [0.2, 0.25) is 0 Å². The van der Waals surface area contributed by atoms with Crippen LogP contribution in [-0.4, -0.2) is 17.1 Å². The van der Waals surface area contributed by atoms with E-state index in [-0.39, 0.29) is 5.37 Å². The van der Waals surface area contributed by atoms with Crippen LogP contribution in [0.4, 0.5) is 0 Å². The van der Waals surface area contributed by atoms with Gasteiger partial charge in [-0.2, -0.15) is 0 Å². The molecule has 4 N–H and O–H groups in total. The molecule has 3 nitrogen and oxygen atoms in total. The molecule has 0 rings (SSSR count). The first-order valence-corrected chi connectivity index (χ1v) is 3.77. The first-order valence-electron chi connectivity index (χ1n) is 2.89. The topological polar surface area (TPSA) is 64.4 Å². The maximum absolute atomic E-state index is 5.43. The highest BCUT2D eigenvalue weighted by atomic mass is 32.2. The third-order valence-corrected chi connectivity index (χ3v) is 1.36. The minimum Gasteiger partial charge on any atom is -0.378 e. The number of hydrogen-bond donors (Lipinski definition) is 2. The Morgan fingerprint density at radius 1 is 1.78 bits per heavy atom. The molecule has 0 saturated heterocycles. The summed E-state index contributed by atoms with van der Waals surface area (Å²) in [4.78, 5) is 3.94. The molecule has 0 aliphatic heterocycles. The van der Waals surface area contributed by atoms with Crippen LogP contribution < -0.4 is 11.5 Å². The molecule has 0 aromatic heterocycles. The summed E-state index contributed by atoms with van der Waals surface area (Å²) in [5.41, 5.74) is 10.8. The Labute approximate surface area is 59.9 Å². The van der Waals surface area contributed by atoms with Gasteiger partial charge in [-0.25, -0.2) is 0 Å². The van der Waals surface area contributed by atoms with Crippen LogP contribution in [0.25, 0.3) is 0 Å². The molecule has 0 aromatic carbocycles. The van der Waals surface area contributed by atoms with Crippen LogP contribution >= 0.6 is 11.8 Å². The summed E-state index contributed by atoms with van der Waals surface area (Å²) in [5, 5.41) is 0.618. The van der Waals surface area contributed by atoms with Crippen molar-refractivity contribution in [3.05, 3.63) is 0 Å². The molecule has 0 aromatic rings. The quantitative estimate of drug-likeness (QED) is 0.337. The summed E-state index contributed by atoms with van der Waals surface area (Å²) in [5.74, 6) is 0. The van der Waals surface area contributed by atoms with Crippen molar-refractivity contribution in [2.75, 3.05) is 6.54 Å². The first kappa shape index (κ1) is 8.78. The van der Waals surface area contributed by atoms with Gasteiger partial charge in [-0.05, 0) is 13.8 Å². The predicted octanol–water partition coefficient (Wildman–Crippen LogP) is 0.359. The molecular weight excluding hydrogens is 134 g/mol. The molecule has 0 saturated carbocycles. The number of nitrogens with zero attached hydrogens (tertiary/aromatic N) is 1. The Balaban J connectivity index is 3.49. The lowest BCUT2D eigenvalue weighted by Crippen LogP contribution is -2.18. The summed E-state index contributed by atoms with van der Waals surface area (Å²) in [6.45, 7) is 4.54. The van der Waals surface area contributed by atoms with Gasteiger partial charge in [0.15, 0.2) is 5.17 Å². The van der Waals surface area contributed by atoms with Crippen molar-refractivity contribution in [2.45, 2.75) is 19.2 Å². The van der Waals surface area contributed by atoms with E-state index in [1.54, 1.807) is 0 Å². The molecule has 54 valence electrons. The highest BCUT2D eigenvalue weighted by Crippen LogP contribution is 2.02. The Morgan fingerprint density at radius 3 is 2.67 bits per heavy atom. The number of aliphatic imine (C=N–C) groups is 1. The van der Waals surface area contributed by atoms with E-state index in [1.165, 1.54) is 11.8 Å². The van der Waals surface area contributed by atoms with Crippen LogP contribution in [0, 0.1) is 0 Å². The summed E-state index contributed by atoms with van der Waals surface area (Å²) in [6.07, 6.45) is 0. The van der Waals surface area contributed by atoms with Crippen LogP contribution in [-0.2, 0) is 0 Å². The Hall–Kier alpha value is -0.220. The second-order valence-corrected chi connectivity index (χ2v) is 3.03. The van der Waals surface area contributed by atoms with E-state index in [2.05, 4.69) is 4.99 Å². The Kier molecular flexibility index (Phi) is 4.53. The summed E-state index contributed by atoms with van der Waals surface area (Å²) in [6, 6.07) is 0. The van der Waals surface area contributed by atoms with Gasteiger partial charge >= 0.3 is 0 Å². The molecule has 9 heavy (non-hydrogen) atoms. The van der Waals surface area contributed by atoms with Crippen LogP contribution in [0.1, 0.15) is 13.8 Å². The average molecular weight is 147 g/mol. The minimum absolute atomic E-state index is 0.0419. The summed E-state index contributed by atoms with van der Waals surface area (Å²) in [7, 11) is 0. The van der Waals surface area contributed by atoms with Crippen molar-refractivity contribution < 1.29 is 0 Å². The molecular formula is C5H13N3S. The zero-order chi connectivity index (χ0) is 7.28. The van der Waals surface area contributed by atoms with Crippen LogP contribution in [0.2, 0.25) is 0 Å². The molecule has 4 heteroatoms. The number of hydrogen-bond acceptors (Lipinski definition) is 3. The monoisotopic (exact) mass is 147 g/mol. The second-order valence-electron chi connectivity index (χ2n) is 1.64. The fourth-order valence-electron chi connectivity index (χ4n) is 0.384. The molecule has 0 aliphatic rings. The minimum atomic E-state index is 0.0419. The smallest absolute Gasteiger partial charge is 0.155 e. The van der Waals surface area contributed by atoms with Gasteiger partial charge in [0.25, 0.3) is 0 Å². The van der Waals surface area contributed by atoms with Gasteiger partial charge in [-0.3, -0.25) is 4.99 Å².